The van der Waals surface area contributed by atoms with E-state index in [0.717, 1.165) is 22.6 Å². The van der Waals surface area contributed by atoms with E-state index in [1.54, 1.807) is 17.9 Å². The molecule has 1 amide bonds. The summed E-state index contributed by atoms with van der Waals surface area (Å²) in [4.78, 5) is 19.5. The Morgan fingerprint density at radius 2 is 1.97 bits per heavy atom. The number of aryl methyl sites for hydroxylation is 1. The standard InChI is InChI=1S/C23H25F3N4O/c1-3-18(16-8-5-4-6-9-16)22(31)29-11-7-10-17(14-29)19-13-20(23(24,25)26)30-21(27-19)12-15(2)28-30/h4-6,8-9,12-13,17-18H,3,7,10-11,14H2,1-2H3. The number of halogens is 3. The van der Waals surface area contributed by atoms with Crippen LogP contribution in [0.25, 0.3) is 5.65 Å². The molecule has 0 aliphatic carbocycles. The minimum absolute atomic E-state index is 0.0238. The van der Waals surface area contributed by atoms with Crippen molar-refractivity contribution in [2.24, 2.45) is 0 Å². The Kier molecular flexibility index (Phi) is 5.73. The van der Waals surface area contributed by atoms with Gasteiger partial charge >= 0.3 is 6.18 Å². The highest BCUT2D eigenvalue weighted by atomic mass is 19.4. The van der Waals surface area contributed by atoms with Crippen LogP contribution in [0.2, 0.25) is 0 Å². The van der Waals surface area contributed by atoms with E-state index in [0.29, 0.717) is 37.3 Å². The third kappa shape index (κ3) is 4.29. The van der Waals surface area contributed by atoms with Crippen molar-refractivity contribution >= 4 is 11.6 Å². The minimum atomic E-state index is -4.54. The van der Waals surface area contributed by atoms with Crippen LogP contribution in [0.5, 0.6) is 0 Å². The van der Waals surface area contributed by atoms with Gasteiger partial charge in [-0.3, -0.25) is 4.79 Å². The molecule has 5 nitrogen and oxygen atoms in total. The fourth-order valence-electron chi connectivity index (χ4n) is 4.40. The number of hydrogen-bond acceptors (Lipinski definition) is 3. The van der Waals surface area contributed by atoms with E-state index in [1.807, 2.05) is 37.3 Å². The van der Waals surface area contributed by atoms with Gasteiger partial charge in [0.25, 0.3) is 0 Å². The Morgan fingerprint density at radius 3 is 2.65 bits per heavy atom. The molecule has 0 bridgehead atoms. The Labute approximate surface area is 178 Å². The van der Waals surface area contributed by atoms with Gasteiger partial charge in [-0.25, -0.2) is 9.50 Å². The van der Waals surface area contributed by atoms with Gasteiger partial charge in [-0.2, -0.15) is 18.3 Å². The highest BCUT2D eigenvalue weighted by Crippen LogP contribution is 2.34. The Hall–Kier alpha value is -2.90. The molecule has 0 N–H and O–H groups in total. The predicted molar refractivity (Wildman–Crippen MR) is 111 cm³/mol. The fraction of sp³-hybridized carbons (Fsp3) is 0.435. The molecule has 3 heterocycles. The summed E-state index contributed by atoms with van der Waals surface area (Å²) >= 11 is 0. The van der Waals surface area contributed by atoms with Crippen molar-refractivity contribution in [3.63, 3.8) is 0 Å². The van der Waals surface area contributed by atoms with Gasteiger partial charge in [0.1, 0.15) is 5.69 Å². The number of piperidine rings is 1. The lowest BCUT2D eigenvalue weighted by molar-refractivity contribution is -0.143. The van der Waals surface area contributed by atoms with Crippen molar-refractivity contribution in [1.29, 1.82) is 0 Å². The lowest BCUT2D eigenvalue weighted by Gasteiger charge is -2.35. The van der Waals surface area contributed by atoms with Crippen LogP contribution < -0.4 is 0 Å². The molecule has 3 aromatic rings. The number of fused-ring (bicyclic) bond motifs is 1. The summed E-state index contributed by atoms with van der Waals surface area (Å²) in [5.74, 6) is -0.471. The second kappa shape index (κ2) is 8.32. The number of hydrogen-bond donors (Lipinski definition) is 0. The summed E-state index contributed by atoms with van der Waals surface area (Å²) in [6.07, 6.45) is -2.45. The summed E-state index contributed by atoms with van der Waals surface area (Å²) in [5.41, 5.74) is 1.15. The summed E-state index contributed by atoms with van der Waals surface area (Å²) in [6.45, 7) is 4.60. The molecule has 2 atom stereocenters. The number of carbonyl (C=O) groups is 1. The summed E-state index contributed by atoms with van der Waals surface area (Å²) in [5, 5.41) is 3.95. The molecule has 0 spiro atoms. The quantitative estimate of drug-likeness (QED) is 0.588. The number of alkyl halides is 3. The monoisotopic (exact) mass is 430 g/mol. The molecule has 1 aromatic carbocycles. The number of carbonyl (C=O) groups excluding carboxylic acids is 1. The third-order valence-electron chi connectivity index (χ3n) is 5.92. The highest BCUT2D eigenvalue weighted by molar-refractivity contribution is 5.83. The number of rotatable bonds is 4. The van der Waals surface area contributed by atoms with E-state index in [9.17, 15) is 18.0 Å². The van der Waals surface area contributed by atoms with Crippen LogP contribution in [0, 0.1) is 6.92 Å². The number of aromatic nitrogens is 3. The van der Waals surface area contributed by atoms with Crippen molar-refractivity contribution in [3.05, 3.63) is 65.1 Å². The molecule has 164 valence electrons. The molecule has 2 aromatic heterocycles. The van der Waals surface area contributed by atoms with E-state index < -0.39 is 11.9 Å². The normalized spacial score (nSPS) is 18.4. The van der Waals surface area contributed by atoms with Gasteiger partial charge < -0.3 is 4.90 Å². The average Bonchev–Trinajstić information content (AvgIpc) is 3.13. The predicted octanol–water partition coefficient (Wildman–Crippen LogP) is 4.96. The number of likely N-dealkylation sites (tertiary alicyclic amines) is 1. The molecule has 2 unspecified atom stereocenters. The molecular formula is C23H25F3N4O. The van der Waals surface area contributed by atoms with Gasteiger partial charge in [0.2, 0.25) is 5.91 Å². The number of amides is 1. The van der Waals surface area contributed by atoms with Gasteiger partial charge in [0.15, 0.2) is 5.65 Å². The van der Waals surface area contributed by atoms with E-state index in [2.05, 4.69) is 10.1 Å². The molecule has 0 saturated carbocycles. The summed E-state index contributed by atoms with van der Waals surface area (Å²) in [7, 11) is 0. The first kappa shape index (κ1) is 21.3. The van der Waals surface area contributed by atoms with Gasteiger partial charge in [-0.1, -0.05) is 37.3 Å². The van der Waals surface area contributed by atoms with Crippen LogP contribution in [-0.4, -0.2) is 38.5 Å². The lowest BCUT2D eigenvalue weighted by Crippen LogP contribution is -2.41. The Morgan fingerprint density at radius 1 is 1.23 bits per heavy atom. The highest BCUT2D eigenvalue weighted by Gasteiger charge is 2.37. The van der Waals surface area contributed by atoms with Crippen molar-refractivity contribution in [3.8, 4) is 0 Å². The molecule has 31 heavy (non-hydrogen) atoms. The summed E-state index contributed by atoms with van der Waals surface area (Å²) < 4.78 is 41.9. The average molecular weight is 430 g/mol. The molecule has 0 radical (unpaired) electrons. The van der Waals surface area contributed by atoms with Gasteiger partial charge in [0, 0.05) is 30.8 Å². The Balaban J connectivity index is 1.63. The second-order valence-electron chi connectivity index (χ2n) is 8.11. The van der Waals surface area contributed by atoms with Crippen molar-refractivity contribution in [2.45, 2.75) is 51.1 Å². The van der Waals surface area contributed by atoms with E-state index in [-0.39, 0.29) is 23.4 Å². The first-order valence-electron chi connectivity index (χ1n) is 10.6. The molecule has 8 heteroatoms. The van der Waals surface area contributed by atoms with E-state index in [4.69, 9.17) is 0 Å². The van der Waals surface area contributed by atoms with Crippen LogP contribution in [0.1, 0.15) is 60.7 Å². The van der Waals surface area contributed by atoms with Gasteiger partial charge in [-0.05, 0) is 37.8 Å². The van der Waals surface area contributed by atoms with Crippen LogP contribution >= 0.6 is 0 Å². The number of nitrogens with zero attached hydrogens (tertiary/aromatic N) is 4. The topological polar surface area (TPSA) is 50.5 Å². The first-order valence-corrected chi connectivity index (χ1v) is 10.6. The second-order valence-corrected chi connectivity index (χ2v) is 8.11. The molecule has 1 fully saturated rings. The molecular weight excluding hydrogens is 405 g/mol. The van der Waals surface area contributed by atoms with Crippen LogP contribution in [-0.2, 0) is 11.0 Å². The maximum absolute atomic E-state index is 13.7. The van der Waals surface area contributed by atoms with E-state index >= 15 is 0 Å². The summed E-state index contributed by atoms with van der Waals surface area (Å²) in [6, 6.07) is 12.3. The molecule has 1 aliphatic rings. The maximum atomic E-state index is 13.7. The van der Waals surface area contributed by atoms with Crippen molar-refractivity contribution < 1.29 is 18.0 Å². The zero-order valence-corrected chi connectivity index (χ0v) is 17.6. The number of benzene rings is 1. The van der Waals surface area contributed by atoms with E-state index in [1.165, 1.54) is 0 Å². The zero-order valence-electron chi connectivity index (χ0n) is 17.6. The molecule has 1 aliphatic heterocycles. The van der Waals surface area contributed by atoms with Crippen molar-refractivity contribution in [2.75, 3.05) is 13.1 Å². The maximum Gasteiger partial charge on any atom is 0.433 e. The molecule has 4 rings (SSSR count). The smallest absolute Gasteiger partial charge is 0.342 e. The fourth-order valence-corrected chi connectivity index (χ4v) is 4.40. The molecule has 1 saturated heterocycles. The van der Waals surface area contributed by atoms with Crippen molar-refractivity contribution in [1.82, 2.24) is 19.5 Å². The largest absolute Gasteiger partial charge is 0.433 e. The van der Waals surface area contributed by atoms with Crippen LogP contribution in [0.3, 0.4) is 0 Å². The first-order chi connectivity index (χ1) is 14.8. The lowest BCUT2D eigenvalue weighted by atomic mass is 9.90. The minimum Gasteiger partial charge on any atom is -0.342 e. The van der Waals surface area contributed by atoms with Gasteiger partial charge in [0.05, 0.1) is 11.6 Å². The van der Waals surface area contributed by atoms with Gasteiger partial charge in [-0.15, -0.1) is 0 Å². The zero-order chi connectivity index (χ0) is 22.2. The third-order valence-corrected chi connectivity index (χ3v) is 5.92. The van der Waals surface area contributed by atoms with Crippen LogP contribution in [0.4, 0.5) is 13.2 Å². The van der Waals surface area contributed by atoms with Crippen LogP contribution in [0.15, 0.2) is 42.5 Å². The SMILES string of the molecule is CCC(C(=O)N1CCCC(c2cc(C(F)(F)F)n3nc(C)cc3n2)C1)c1ccccc1. The Bertz CT molecular complexity index is 1080.